The first-order valence-electron chi connectivity index (χ1n) is 4.02. The Balaban J connectivity index is 2.83. The first-order valence-corrected chi connectivity index (χ1v) is 4.02. The van der Waals surface area contributed by atoms with E-state index in [1.165, 1.54) is 0 Å². The standard InChI is InChI=1S/C8H10N4O2/c1-3-4-5(2)9-6-7(13)10-8(14)12-11-6/h1,5H,4H2,2H3,(H,9,11)(H2,10,12,13,14). The second kappa shape index (κ2) is 4.28. The molecule has 3 N–H and O–H groups in total. The third-order valence-corrected chi connectivity index (χ3v) is 1.52. The van der Waals surface area contributed by atoms with Gasteiger partial charge in [-0.2, -0.15) is 0 Å². The molecule has 1 heterocycles. The largest absolute Gasteiger partial charge is 0.361 e. The highest BCUT2D eigenvalue weighted by atomic mass is 16.2. The molecule has 6 nitrogen and oxygen atoms in total. The van der Waals surface area contributed by atoms with Crippen LogP contribution in [0.5, 0.6) is 0 Å². The van der Waals surface area contributed by atoms with Crippen LogP contribution < -0.4 is 16.6 Å². The highest BCUT2D eigenvalue weighted by Gasteiger charge is 2.05. The van der Waals surface area contributed by atoms with Crippen molar-refractivity contribution in [2.24, 2.45) is 0 Å². The van der Waals surface area contributed by atoms with Crippen molar-refractivity contribution in [3.8, 4) is 12.3 Å². The highest BCUT2D eigenvalue weighted by molar-refractivity contribution is 5.30. The molecule has 14 heavy (non-hydrogen) atoms. The molecule has 0 radical (unpaired) electrons. The number of H-pyrrole nitrogens is 2. The molecule has 1 aromatic rings. The Morgan fingerprint density at radius 3 is 2.93 bits per heavy atom. The number of nitrogens with one attached hydrogen (secondary N) is 3. The van der Waals surface area contributed by atoms with Crippen molar-refractivity contribution in [1.82, 2.24) is 15.2 Å². The molecule has 0 saturated carbocycles. The summed E-state index contributed by atoms with van der Waals surface area (Å²) >= 11 is 0. The van der Waals surface area contributed by atoms with E-state index in [4.69, 9.17) is 6.42 Å². The van der Waals surface area contributed by atoms with Gasteiger partial charge in [0.2, 0.25) is 5.82 Å². The number of terminal acetylenes is 1. The van der Waals surface area contributed by atoms with Crippen molar-refractivity contribution < 1.29 is 0 Å². The lowest BCUT2D eigenvalue weighted by Crippen LogP contribution is -2.29. The molecule has 0 bridgehead atoms. The number of hydrogen-bond donors (Lipinski definition) is 3. The number of aromatic amines is 2. The molecule has 0 aliphatic heterocycles. The van der Waals surface area contributed by atoms with E-state index < -0.39 is 11.2 Å². The van der Waals surface area contributed by atoms with Gasteiger partial charge in [0, 0.05) is 12.5 Å². The van der Waals surface area contributed by atoms with Gasteiger partial charge in [-0.3, -0.25) is 9.78 Å². The maximum absolute atomic E-state index is 11.1. The quantitative estimate of drug-likeness (QED) is 0.554. The first kappa shape index (κ1) is 10.1. The van der Waals surface area contributed by atoms with Crippen LogP contribution in [0, 0.1) is 12.3 Å². The Morgan fingerprint density at radius 2 is 2.36 bits per heavy atom. The van der Waals surface area contributed by atoms with Gasteiger partial charge < -0.3 is 5.32 Å². The summed E-state index contributed by atoms with van der Waals surface area (Å²) in [7, 11) is 0. The SMILES string of the molecule is C#CCC(C)Nc1n[nH]c(=O)[nH]c1=O. The van der Waals surface area contributed by atoms with Crippen LogP contribution in [0.15, 0.2) is 9.59 Å². The number of anilines is 1. The maximum atomic E-state index is 11.1. The van der Waals surface area contributed by atoms with Crippen molar-refractivity contribution in [1.29, 1.82) is 0 Å². The number of nitrogens with zero attached hydrogens (tertiary/aromatic N) is 1. The Morgan fingerprint density at radius 1 is 1.64 bits per heavy atom. The zero-order valence-corrected chi connectivity index (χ0v) is 7.63. The fraction of sp³-hybridized carbons (Fsp3) is 0.375. The maximum Gasteiger partial charge on any atom is 0.342 e. The molecular weight excluding hydrogens is 184 g/mol. The van der Waals surface area contributed by atoms with Gasteiger partial charge >= 0.3 is 5.69 Å². The fourth-order valence-electron chi connectivity index (χ4n) is 0.907. The Kier molecular flexibility index (Phi) is 3.07. The van der Waals surface area contributed by atoms with Gasteiger partial charge in [0.25, 0.3) is 5.56 Å². The average molecular weight is 194 g/mol. The van der Waals surface area contributed by atoms with Gasteiger partial charge in [-0.25, -0.2) is 9.89 Å². The molecule has 74 valence electrons. The first-order chi connectivity index (χ1) is 6.63. The van der Waals surface area contributed by atoms with Gasteiger partial charge in [0.1, 0.15) is 0 Å². The lowest BCUT2D eigenvalue weighted by molar-refractivity contribution is 0.794. The average Bonchev–Trinajstić information content (AvgIpc) is 2.10. The zero-order valence-electron chi connectivity index (χ0n) is 7.63. The normalized spacial score (nSPS) is 11.7. The van der Waals surface area contributed by atoms with Crippen LogP contribution in [0.25, 0.3) is 0 Å². The van der Waals surface area contributed by atoms with E-state index in [9.17, 15) is 9.59 Å². The van der Waals surface area contributed by atoms with E-state index in [1.54, 1.807) is 0 Å². The van der Waals surface area contributed by atoms with Crippen LogP contribution in [0.1, 0.15) is 13.3 Å². The third-order valence-electron chi connectivity index (χ3n) is 1.52. The summed E-state index contributed by atoms with van der Waals surface area (Å²) in [6, 6.07) is -0.0699. The summed E-state index contributed by atoms with van der Waals surface area (Å²) in [6.45, 7) is 1.81. The summed E-state index contributed by atoms with van der Waals surface area (Å²) in [5.41, 5.74) is -1.19. The second-order valence-corrected chi connectivity index (χ2v) is 2.81. The van der Waals surface area contributed by atoms with Crippen molar-refractivity contribution in [2.75, 3.05) is 5.32 Å². The van der Waals surface area contributed by atoms with Crippen LogP contribution in [0.4, 0.5) is 5.82 Å². The second-order valence-electron chi connectivity index (χ2n) is 2.81. The van der Waals surface area contributed by atoms with Crippen LogP contribution >= 0.6 is 0 Å². The summed E-state index contributed by atoms with van der Waals surface area (Å²) in [4.78, 5) is 23.8. The lowest BCUT2D eigenvalue weighted by Gasteiger charge is -2.08. The van der Waals surface area contributed by atoms with E-state index in [1.807, 2.05) is 11.9 Å². The smallest absolute Gasteiger partial charge is 0.342 e. The Hall–Kier alpha value is -2.03. The molecule has 1 rings (SSSR count). The molecule has 1 aromatic heterocycles. The molecule has 0 amide bonds. The summed E-state index contributed by atoms with van der Waals surface area (Å²) < 4.78 is 0. The van der Waals surface area contributed by atoms with E-state index in [0.717, 1.165) is 0 Å². The molecule has 0 aliphatic rings. The molecule has 0 aromatic carbocycles. The number of rotatable bonds is 3. The molecular formula is C8H10N4O2. The van der Waals surface area contributed by atoms with Crippen molar-refractivity contribution >= 4 is 5.82 Å². The van der Waals surface area contributed by atoms with Gasteiger partial charge in [-0.15, -0.1) is 17.4 Å². The van der Waals surface area contributed by atoms with Crippen LogP contribution in [0.3, 0.4) is 0 Å². The minimum atomic E-state index is -0.634. The monoisotopic (exact) mass is 194 g/mol. The molecule has 0 aliphatic carbocycles. The summed E-state index contributed by atoms with van der Waals surface area (Å²) in [5.74, 6) is 2.51. The highest BCUT2D eigenvalue weighted by Crippen LogP contribution is 1.96. The van der Waals surface area contributed by atoms with Gasteiger partial charge in [0.15, 0.2) is 0 Å². The van der Waals surface area contributed by atoms with Crippen molar-refractivity contribution in [3.05, 3.63) is 20.8 Å². The van der Waals surface area contributed by atoms with E-state index >= 15 is 0 Å². The predicted molar refractivity (Wildman–Crippen MR) is 52.0 cm³/mol. The van der Waals surface area contributed by atoms with Crippen LogP contribution in [-0.4, -0.2) is 21.2 Å². The number of hydrogen-bond acceptors (Lipinski definition) is 4. The van der Waals surface area contributed by atoms with Gasteiger partial charge in [-0.05, 0) is 6.92 Å². The minimum Gasteiger partial charge on any atom is -0.361 e. The van der Waals surface area contributed by atoms with E-state index in [2.05, 4.69) is 21.4 Å². The van der Waals surface area contributed by atoms with E-state index in [0.29, 0.717) is 6.42 Å². The Bertz CT molecular complexity index is 453. The van der Waals surface area contributed by atoms with Gasteiger partial charge in [-0.1, -0.05) is 0 Å². The molecule has 0 saturated heterocycles. The molecule has 1 unspecified atom stereocenters. The number of aromatic nitrogens is 3. The molecule has 0 fully saturated rings. The summed E-state index contributed by atoms with van der Waals surface area (Å²) in [6.07, 6.45) is 5.56. The predicted octanol–water partition coefficient (Wildman–Crippen LogP) is -0.718. The summed E-state index contributed by atoms with van der Waals surface area (Å²) in [5, 5.41) is 8.42. The molecule has 6 heteroatoms. The molecule has 0 spiro atoms. The van der Waals surface area contributed by atoms with Crippen LogP contribution in [-0.2, 0) is 0 Å². The third kappa shape index (κ3) is 2.48. The van der Waals surface area contributed by atoms with Crippen molar-refractivity contribution in [2.45, 2.75) is 19.4 Å². The lowest BCUT2D eigenvalue weighted by atomic mass is 10.2. The minimum absolute atomic E-state index is 0.0624. The van der Waals surface area contributed by atoms with Crippen LogP contribution in [0.2, 0.25) is 0 Å². The molecule has 1 atom stereocenters. The van der Waals surface area contributed by atoms with Gasteiger partial charge in [0.05, 0.1) is 0 Å². The van der Waals surface area contributed by atoms with Crippen molar-refractivity contribution in [3.63, 3.8) is 0 Å². The zero-order chi connectivity index (χ0) is 10.6. The van der Waals surface area contributed by atoms with E-state index in [-0.39, 0.29) is 11.9 Å². The topological polar surface area (TPSA) is 90.6 Å². The fourth-order valence-corrected chi connectivity index (χ4v) is 0.907. The Labute approximate surface area is 79.8 Å².